The highest BCUT2D eigenvalue weighted by atomic mass is 19.4. The summed E-state index contributed by atoms with van der Waals surface area (Å²) in [5.41, 5.74) is 10.8. The van der Waals surface area contributed by atoms with Crippen molar-refractivity contribution in [1.82, 2.24) is 9.97 Å². The lowest BCUT2D eigenvalue weighted by Gasteiger charge is -2.21. The fourth-order valence-corrected chi connectivity index (χ4v) is 7.52. The van der Waals surface area contributed by atoms with Crippen LogP contribution in [0, 0.1) is 0 Å². The van der Waals surface area contributed by atoms with Crippen molar-refractivity contribution in [3.63, 3.8) is 0 Å². The van der Waals surface area contributed by atoms with Crippen LogP contribution in [0.1, 0.15) is 111 Å². The van der Waals surface area contributed by atoms with Crippen LogP contribution < -0.4 is 0 Å². The van der Waals surface area contributed by atoms with Crippen LogP contribution in [0.4, 0.5) is 13.2 Å². The highest BCUT2D eigenvalue weighted by Gasteiger charge is 2.33. The van der Waals surface area contributed by atoms with Gasteiger partial charge in [0.2, 0.25) is 0 Å². The van der Waals surface area contributed by atoms with E-state index in [9.17, 15) is 0 Å². The zero-order valence-corrected chi connectivity index (χ0v) is 35.5. The number of aromatic amines is 1. The largest absolute Gasteiger partial charge is 0.416 e. The van der Waals surface area contributed by atoms with Gasteiger partial charge in [0.15, 0.2) is 0 Å². The summed E-state index contributed by atoms with van der Waals surface area (Å²) in [6.07, 6.45) is -4.60. The van der Waals surface area contributed by atoms with E-state index in [2.05, 4.69) is 167 Å². The van der Waals surface area contributed by atoms with Gasteiger partial charge in [-0.1, -0.05) is 138 Å². The maximum atomic E-state index is 15.0. The molecule has 7 rings (SSSR count). The molecule has 57 heavy (non-hydrogen) atoms. The first-order valence-corrected chi connectivity index (χ1v) is 19.9. The Bertz CT molecular complexity index is 2540. The third-order valence-corrected chi connectivity index (χ3v) is 11.3. The Morgan fingerprint density at radius 2 is 0.825 bits per heavy atom. The Hall–Kier alpha value is -5.16. The van der Waals surface area contributed by atoms with Gasteiger partial charge in [-0.15, -0.1) is 0 Å². The molecule has 0 unspecified atom stereocenters. The molecule has 5 aromatic carbocycles. The van der Waals surface area contributed by atoms with Gasteiger partial charge in [0.05, 0.1) is 22.5 Å². The molecule has 2 aromatic heterocycles. The molecule has 2 heterocycles. The van der Waals surface area contributed by atoms with Gasteiger partial charge >= 0.3 is 6.18 Å². The smallest absolute Gasteiger partial charge is 0.354 e. The standard InChI is InChI=1S/C52H55F3N2/c1-48(2,3)36-17-13-31(14-18-36)33-23-34(32-15-19-37(20-16-32)49(4,5)6)25-35(24-33)45-29-40(52(53,54)55)30-46(56-45)43-28-39(51(10,11)12)27-42-41-26-38(50(7,8)9)21-22-44(41)57-47(42)43/h13-30,57H,1-12H3. The first kappa shape index (κ1) is 40.1. The molecule has 0 bridgehead atoms. The summed E-state index contributed by atoms with van der Waals surface area (Å²) < 4.78 is 45.0. The monoisotopic (exact) mass is 764 g/mol. The topological polar surface area (TPSA) is 28.7 Å². The minimum Gasteiger partial charge on any atom is -0.354 e. The molecule has 7 aromatic rings. The van der Waals surface area contributed by atoms with Crippen LogP contribution in [0.3, 0.4) is 0 Å². The van der Waals surface area contributed by atoms with Gasteiger partial charge < -0.3 is 4.98 Å². The Morgan fingerprint density at radius 3 is 1.30 bits per heavy atom. The van der Waals surface area contributed by atoms with Crippen LogP contribution in [0.15, 0.2) is 109 Å². The molecule has 0 fully saturated rings. The van der Waals surface area contributed by atoms with E-state index in [1.807, 2.05) is 18.2 Å². The number of alkyl halides is 3. The number of hydrogen-bond acceptors (Lipinski definition) is 1. The summed E-state index contributed by atoms with van der Waals surface area (Å²) in [5.74, 6) is 0. The van der Waals surface area contributed by atoms with Crippen molar-refractivity contribution < 1.29 is 13.2 Å². The number of benzene rings is 5. The van der Waals surface area contributed by atoms with E-state index in [1.54, 1.807) is 0 Å². The van der Waals surface area contributed by atoms with Crippen molar-refractivity contribution in [1.29, 1.82) is 0 Å². The number of nitrogens with one attached hydrogen (secondary N) is 1. The number of pyridine rings is 1. The van der Waals surface area contributed by atoms with E-state index >= 15 is 13.2 Å². The summed E-state index contributed by atoms with van der Waals surface area (Å²) in [7, 11) is 0. The number of H-pyrrole nitrogens is 1. The van der Waals surface area contributed by atoms with Crippen molar-refractivity contribution in [2.24, 2.45) is 0 Å². The van der Waals surface area contributed by atoms with Gasteiger partial charge in [-0.05, 0) is 121 Å². The van der Waals surface area contributed by atoms with Gasteiger partial charge in [-0.3, -0.25) is 0 Å². The molecule has 0 aliphatic carbocycles. The number of hydrogen-bond donors (Lipinski definition) is 1. The van der Waals surface area contributed by atoms with Crippen LogP contribution in [0.2, 0.25) is 0 Å². The summed E-state index contributed by atoms with van der Waals surface area (Å²) in [5, 5.41) is 2.02. The zero-order valence-electron chi connectivity index (χ0n) is 35.5. The van der Waals surface area contributed by atoms with Crippen LogP contribution in [-0.4, -0.2) is 9.97 Å². The molecule has 0 spiro atoms. The Morgan fingerprint density at radius 1 is 0.386 bits per heavy atom. The molecule has 1 N–H and O–H groups in total. The van der Waals surface area contributed by atoms with Crippen molar-refractivity contribution >= 4 is 21.8 Å². The highest BCUT2D eigenvalue weighted by Crippen LogP contribution is 2.42. The van der Waals surface area contributed by atoms with E-state index in [-0.39, 0.29) is 33.0 Å². The third kappa shape index (κ3) is 8.17. The minimum atomic E-state index is -4.60. The Balaban J connectivity index is 1.49. The van der Waals surface area contributed by atoms with E-state index in [4.69, 9.17) is 4.98 Å². The van der Waals surface area contributed by atoms with Crippen molar-refractivity contribution in [3.05, 3.63) is 137 Å². The first-order valence-electron chi connectivity index (χ1n) is 19.9. The van der Waals surface area contributed by atoms with Crippen molar-refractivity contribution in [2.45, 2.75) is 111 Å². The molecular formula is C52H55F3N2. The Labute approximate surface area is 336 Å². The van der Waals surface area contributed by atoms with E-state index in [1.165, 1.54) is 28.8 Å². The molecule has 5 heteroatoms. The summed E-state index contributed by atoms with van der Waals surface area (Å²) in [4.78, 5) is 8.72. The average Bonchev–Trinajstić information content (AvgIpc) is 3.50. The van der Waals surface area contributed by atoms with Gasteiger partial charge in [-0.25, -0.2) is 4.98 Å². The highest BCUT2D eigenvalue weighted by molar-refractivity contribution is 6.12. The molecule has 2 nitrogen and oxygen atoms in total. The predicted octanol–water partition coefficient (Wildman–Crippen LogP) is 15.6. The van der Waals surface area contributed by atoms with Crippen molar-refractivity contribution in [2.75, 3.05) is 0 Å². The Kier molecular flexibility index (Phi) is 9.66. The first-order chi connectivity index (χ1) is 26.4. The normalized spacial score (nSPS) is 13.2. The molecule has 0 aliphatic rings. The van der Waals surface area contributed by atoms with E-state index in [0.717, 1.165) is 49.6 Å². The van der Waals surface area contributed by atoms with Gasteiger partial charge in [0.25, 0.3) is 0 Å². The zero-order chi connectivity index (χ0) is 41.5. The molecule has 0 amide bonds. The van der Waals surface area contributed by atoms with E-state index in [0.29, 0.717) is 11.1 Å². The third-order valence-electron chi connectivity index (χ3n) is 11.3. The fraction of sp³-hybridized carbons (Fsp3) is 0.327. The second kappa shape index (κ2) is 13.7. The predicted molar refractivity (Wildman–Crippen MR) is 235 cm³/mol. The van der Waals surface area contributed by atoms with E-state index < -0.39 is 11.7 Å². The molecule has 0 aliphatic heterocycles. The van der Waals surface area contributed by atoms with Crippen LogP contribution >= 0.6 is 0 Å². The number of aromatic nitrogens is 2. The molecule has 0 saturated heterocycles. The molecule has 0 radical (unpaired) electrons. The number of fused-ring (bicyclic) bond motifs is 3. The van der Waals surface area contributed by atoms with Crippen molar-refractivity contribution in [3.8, 4) is 44.8 Å². The maximum absolute atomic E-state index is 15.0. The SMILES string of the molecule is CC(C)(C)c1ccc(-c2cc(-c3ccc(C(C)(C)C)cc3)cc(-c3cc(C(F)(F)F)cc(-c4cc(C(C)(C)C)cc5c4[nH]c4ccc(C(C)(C)C)cc45)n3)c2)cc1. The van der Waals surface area contributed by atoms with Crippen LogP contribution in [0.5, 0.6) is 0 Å². The molecular weight excluding hydrogens is 710 g/mol. The summed E-state index contributed by atoms with van der Waals surface area (Å²) in [6, 6.07) is 36.1. The van der Waals surface area contributed by atoms with Gasteiger partial charge in [-0.2, -0.15) is 13.2 Å². The van der Waals surface area contributed by atoms with Crippen LogP contribution in [-0.2, 0) is 27.8 Å². The van der Waals surface area contributed by atoms with Gasteiger partial charge in [0.1, 0.15) is 0 Å². The average molecular weight is 765 g/mol. The fourth-order valence-electron chi connectivity index (χ4n) is 7.52. The van der Waals surface area contributed by atoms with Gasteiger partial charge in [0, 0.05) is 27.4 Å². The number of rotatable bonds is 4. The second-order valence-corrected chi connectivity index (χ2v) is 19.9. The molecule has 0 atom stereocenters. The lowest BCUT2D eigenvalue weighted by Crippen LogP contribution is -2.11. The second-order valence-electron chi connectivity index (χ2n) is 19.9. The lowest BCUT2D eigenvalue weighted by atomic mass is 9.83. The number of nitrogens with zero attached hydrogens (tertiary/aromatic N) is 1. The maximum Gasteiger partial charge on any atom is 0.416 e. The minimum absolute atomic E-state index is 0.0196. The lowest BCUT2D eigenvalue weighted by molar-refractivity contribution is -0.137. The quantitative estimate of drug-likeness (QED) is 0.190. The molecule has 294 valence electrons. The summed E-state index contributed by atoms with van der Waals surface area (Å²) in [6.45, 7) is 26.1. The number of halogens is 3. The van der Waals surface area contributed by atoms with Crippen LogP contribution in [0.25, 0.3) is 66.6 Å². The molecule has 0 saturated carbocycles. The summed E-state index contributed by atoms with van der Waals surface area (Å²) >= 11 is 0.